The van der Waals surface area contributed by atoms with E-state index in [1.807, 2.05) is 38.4 Å². The van der Waals surface area contributed by atoms with Crippen LogP contribution in [0.25, 0.3) is 0 Å². The summed E-state index contributed by atoms with van der Waals surface area (Å²) < 4.78 is 7.54. The highest BCUT2D eigenvalue weighted by Crippen LogP contribution is 2.31. The molecule has 1 saturated heterocycles. The van der Waals surface area contributed by atoms with Crippen LogP contribution in [-0.2, 0) is 11.8 Å². The average Bonchev–Trinajstić information content (AvgIpc) is 3.44. The summed E-state index contributed by atoms with van der Waals surface area (Å²) in [6.07, 6.45) is 4.18. The number of nitrogens with one attached hydrogen (secondary N) is 2. The highest BCUT2D eigenvalue weighted by atomic mass is 16.5. The van der Waals surface area contributed by atoms with Gasteiger partial charge in [0.15, 0.2) is 0 Å². The molecule has 0 saturated carbocycles. The zero-order valence-corrected chi connectivity index (χ0v) is 19.1. The molecule has 1 aliphatic rings. The highest BCUT2D eigenvalue weighted by Gasteiger charge is 2.28. The van der Waals surface area contributed by atoms with Crippen LogP contribution in [0.3, 0.4) is 0 Å². The zero-order chi connectivity index (χ0) is 23.2. The summed E-state index contributed by atoms with van der Waals surface area (Å²) in [6.45, 7) is 3.78. The summed E-state index contributed by atoms with van der Waals surface area (Å²) in [7, 11) is 2.04. The van der Waals surface area contributed by atoms with Gasteiger partial charge in [-0.25, -0.2) is 0 Å². The molecule has 2 heterocycles. The maximum absolute atomic E-state index is 12.7. The van der Waals surface area contributed by atoms with Gasteiger partial charge in [0, 0.05) is 35.9 Å². The zero-order valence-electron chi connectivity index (χ0n) is 19.1. The van der Waals surface area contributed by atoms with E-state index in [2.05, 4.69) is 26.2 Å². The Morgan fingerprint density at radius 1 is 1.00 bits per heavy atom. The minimum Gasteiger partial charge on any atom is -0.494 e. The topological polar surface area (TPSA) is 75.6 Å². The monoisotopic (exact) mass is 446 g/mol. The van der Waals surface area contributed by atoms with Crippen LogP contribution >= 0.6 is 0 Å². The Kier molecular flexibility index (Phi) is 7.10. The summed E-state index contributed by atoms with van der Waals surface area (Å²) in [5.74, 6) is 0.502. The minimum absolute atomic E-state index is 0.0531. The van der Waals surface area contributed by atoms with Crippen molar-refractivity contribution in [3.63, 3.8) is 0 Å². The van der Waals surface area contributed by atoms with Crippen molar-refractivity contribution in [2.24, 2.45) is 7.05 Å². The Hall–Kier alpha value is -3.58. The minimum atomic E-state index is -0.209. The second kappa shape index (κ2) is 10.4. The maximum atomic E-state index is 12.7. The number of aryl methyl sites for hydroxylation is 1. The Morgan fingerprint density at radius 2 is 1.70 bits per heavy atom. The predicted octanol–water partition coefficient (Wildman–Crippen LogP) is 4.45. The Bertz CT molecular complexity index is 1090. The third kappa shape index (κ3) is 5.62. The van der Waals surface area contributed by atoms with E-state index >= 15 is 0 Å². The van der Waals surface area contributed by atoms with Crippen molar-refractivity contribution in [3.05, 3.63) is 78.1 Å². The Balaban J connectivity index is 1.31. The van der Waals surface area contributed by atoms with Crippen molar-refractivity contribution in [3.8, 4) is 5.75 Å². The molecule has 3 aromatic rings. The molecule has 1 atom stereocenters. The normalized spacial score (nSPS) is 15.9. The fraction of sp³-hybridized carbons (Fsp3) is 0.308. The van der Waals surface area contributed by atoms with Gasteiger partial charge in [-0.2, -0.15) is 0 Å². The van der Waals surface area contributed by atoms with Crippen molar-refractivity contribution < 1.29 is 14.3 Å². The van der Waals surface area contributed by atoms with E-state index in [0.717, 1.165) is 25.1 Å². The van der Waals surface area contributed by atoms with E-state index in [-0.39, 0.29) is 17.9 Å². The van der Waals surface area contributed by atoms with E-state index in [4.69, 9.17) is 4.74 Å². The van der Waals surface area contributed by atoms with Gasteiger partial charge in [-0.3, -0.25) is 14.5 Å². The lowest BCUT2D eigenvalue weighted by molar-refractivity contribution is -0.117. The second-order valence-electron chi connectivity index (χ2n) is 8.21. The quantitative estimate of drug-likeness (QED) is 0.536. The largest absolute Gasteiger partial charge is 0.494 e. The third-order valence-corrected chi connectivity index (χ3v) is 5.89. The number of hydrogen-bond donors (Lipinski definition) is 2. The van der Waals surface area contributed by atoms with Gasteiger partial charge in [-0.05, 0) is 87.0 Å². The number of amides is 2. The molecule has 0 spiro atoms. The van der Waals surface area contributed by atoms with Gasteiger partial charge in [-0.1, -0.05) is 0 Å². The van der Waals surface area contributed by atoms with Gasteiger partial charge in [-0.15, -0.1) is 0 Å². The summed E-state index contributed by atoms with van der Waals surface area (Å²) >= 11 is 0. The molecular weight excluding hydrogens is 416 g/mol. The number of anilines is 2. The number of likely N-dealkylation sites (tertiary alicyclic amines) is 1. The summed E-state index contributed by atoms with van der Waals surface area (Å²) in [4.78, 5) is 27.4. The second-order valence-corrected chi connectivity index (χ2v) is 8.21. The molecule has 0 bridgehead atoms. The standard InChI is InChI=1S/C26H30N4O3/c1-3-33-22-14-12-21(13-15-22)28-26(32)19-8-10-20(11-9-19)27-25(31)18-30-17-5-7-24(30)23-6-4-16-29(23)2/h4,6,8-16,24H,3,5,7,17-18H2,1-2H3,(H,27,31)(H,28,32)/t24-/m0/s1. The lowest BCUT2D eigenvalue weighted by Gasteiger charge is -2.24. The molecule has 7 heteroatoms. The first kappa shape index (κ1) is 22.6. The molecule has 2 aromatic carbocycles. The van der Waals surface area contributed by atoms with Gasteiger partial charge >= 0.3 is 0 Å². The molecule has 2 amide bonds. The van der Waals surface area contributed by atoms with Crippen LogP contribution in [0.1, 0.15) is 41.9 Å². The Labute approximate surface area is 194 Å². The molecule has 1 aromatic heterocycles. The van der Waals surface area contributed by atoms with E-state index in [1.54, 1.807) is 36.4 Å². The van der Waals surface area contributed by atoms with Crippen molar-refractivity contribution in [2.45, 2.75) is 25.8 Å². The number of nitrogens with zero attached hydrogens (tertiary/aromatic N) is 2. The smallest absolute Gasteiger partial charge is 0.255 e. The number of hydrogen-bond acceptors (Lipinski definition) is 4. The molecule has 0 aliphatic carbocycles. The van der Waals surface area contributed by atoms with Crippen molar-refractivity contribution >= 4 is 23.2 Å². The fourth-order valence-electron chi connectivity index (χ4n) is 4.27. The maximum Gasteiger partial charge on any atom is 0.255 e. The lowest BCUT2D eigenvalue weighted by Crippen LogP contribution is -2.33. The van der Waals surface area contributed by atoms with Crippen LogP contribution in [-0.4, -0.2) is 41.0 Å². The molecule has 1 fully saturated rings. The molecule has 4 rings (SSSR count). The van der Waals surface area contributed by atoms with E-state index in [1.165, 1.54) is 5.69 Å². The van der Waals surface area contributed by atoms with Crippen LogP contribution in [0.4, 0.5) is 11.4 Å². The number of carbonyl (C=O) groups is 2. The first-order valence-corrected chi connectivity index (χ1v) is 11.3. The van der Waals surface area contributed by atoms with Crippen LogP contribution in [0.15, 0.2) is 66.9 Å². The highest BCUT2D eigenvalue weighted by molar-refractivity contribution is 6.04. The summed E-state index contributed by atoms with van der Waals surface area (Å²) in [5.41, 5.74) is 3.12. The molecule has 0 unspecified atom stereocenters. The van der Waals surface area contributed by atoms with Crippen molar-refractivity contribution in [2.75, 3.05) is 30.3 Å². The van der Waals surface area contributed by atoms with Gasteiger partial charge in [0.05, 0.1) is 19.2 Å². The predicted molar refractivity (Wildman–Crippen MR) is 130 cm³/mol. The Morgan fingerprint density at radius 3 is 2.36 bits per heavy atom. The van der Waals surface area contributed by atoms with Crippen LogP contribution < -0.4 is 15.4 Å². The molecular formula is C26H30N4O3. The van der Waals surface area contributed by atoms with Gasteiger partial charge in [0.1, 0.15) is 5.75 Å². The van der Waals surface area contributed by atoms with E-state index < -0.39 is 0 Å². The molecule has 0 radical (unpaired) electrons. The van der Waals surface area contributed by atoms with Crippen LogP contribution in [0.5, 0.6) is 5.75 Å². The molecule has 7 nitrogen and oxygen atoms in total. The average molecular weight is 447 g/mol. The van der Waals surface area contributed by atoms with Crippen LogP contribution in [0.2, 0.25) is 0 Å². The molecule has 1 aliphatic heterocycles. The first-order chi connectivity index (χ1) is 16.0. The van der Waals surface area contributed by atoms with Crippen LogP contribution in [0, 0.1) is 0 Å². The number of carbonyl (C=O) groups excluding carboxylic acids is 2. The molecule has 2 N–H and O–H groups in total. The summed E-state index contributed by atoms with van der Waals surface area (Å²) in [5, 5.41) is 5.82. The van der Waals surface area contributed by atoms with Crippen molar-refractivity contribution in [1.29, 1.82) is 0 Å². The number of rotatable bonds is 8. The van der Waals surface area contributed by atoms with Gasteiger partial charge < -0.3 is 19.9 Å². The fourth-order valence-corrected chi connectivity index (χ4v) is 4.27. The van der Waals surface area contributed by atoms with Gasteiger partial charge in [0.25, 0.3) is 5.91 Å². The summed E-state index contributed by atoms with van der Waals surface area (Å²) in [6, 6.07) is 18.6. The third-order valence-electron chi connectivity index (χ3n) is 5.89. The number of benzene rings is 2. The van der Waals surface area contributed by atoms with Crippen molar-refractivity contribution in [1.82, 2.24) is 9.47 Å². The SMILES string of the molecule is CCOc1ccc(NC(=O)c2ccc(NC(=O)CN3CCC[C@H]3c3cccn3C)cc2)cc1. The lowest BCUT2D eigenvalue weighted by atomic mass is 10.1. The van der Waals surface area contributed by atoms with Gasteiger partial charge in [0.2, 0.25) is 5.91 Å². The number of aromatic nitrogens is 1. The van der Waals surface area contributed by atoms with E-state index in [9.17, 15) is 9.59 Å². The number of ether oxygens (including phenoxy) is 1. The molecule has 33 heavy (non-hydrogen) atoms. The van der Waals surface area contributed by atoms with E-state index in [0.29, 0.717) is 30.1 Å². The molecule has 172 valence electrons. The first-order valence-electron chi connectivity index (χ1n) is 11.3.